The molecule has 278 valence electrons. The van der Waals surface area contributed by atoms with E-state index in [1.165, 1.54) is 16.1 Å². The molecule has 2 aliphatic rings. The summed E-state index contributed by atoms with van der Waals surface area (Å²) in [5.41, 5.74) is 3.99. The molecule has 0 saturated carbocycles. The zero-order valence-electron chi connectivity index (χ0n) is 29.4. The van der Waals surface area contributed by atoms with Gasteiger partial charge in [-0.3, -0.25) is 0 Å². The lowest BCUT2D eigenvalue weighted by Gasteiger charge is -2.49. The molecule has 11 heteroatoms. The number of benzene rings is 5. The Kier molecular flexibility index (Phi) is 11.0. The van der Waals surface area contributed by atoms with Crippen molar-refractivity contribution in [3.8, 4) is 0 Å². The fourth-order valence-electron chi connectivity index (χ4n) is 6.97. The average molecular weight is 750 g/mol. The topological polar surface area (TPSA) is 94.5 Å². The van der Waals surface area contributed by atoms with Crippen molar-refractivity contribution in [3.63, 3.8) is 0 Å². The maximum Gasteiger partial charge on any atom is 0.268 e. The number of hydrogen-bond acceptors (Lipinski definition) is 8. The van der Waals surface area contributed by atoms with E-state index >= 15 is 0 Å². The molecule has 5 aromatic carbocycles. The number of hydrogen-bond donors (Lipinski definition) is 0. The number of fused-ring (bicyclic) bond motifs is 2. The van der Waals surface area contributed by atoms with E-state index in [9.17, 15) is 12.8 Å². The van der Waals surface area contributed by atoms with Gasteiger partial charge in [0.2, 0.25) is 0 Å². The molecule has 54 heavy (non-hydrogen) atoms. The summed E-state index contributed by atoms with van der Waals surface area (Å²) in [4.78, 5) is 0.202. The molecule has 0 aliphatic carbocycles. The van der Waals surface area contributed by atoms with Gasteiger partial charge in [0.1, 0.15) is 30.2 Å². The van der Waals surface area contributed by atoms with E-state index in [2.05, 4.69) is 0 Å². The molecule has 0 bridgehead atoms. The molecule has 0 radical (unpaired) electrons. The minimum atomic E-state index is -3.85. The molecule has 1 aromatic heterocycles. The second kappa shape index (κ2) is 16.3. The fraction of sp³-hybridized carbons (Fsp3) is 0.256. The Morgan fingerprint density at radius 2 is 1.31 bits per heavy atom. The first-order chi connectivity index (χ1) is 26.4. The van der Waals surface area contributed by atoms with Crippen molar-refractivity contribution in [1.82, 2.24) is 3.97 Å². The van der Waals surface area contributed by atoms with Gasteiger partial charge >= 0.3 is 0 Å². The summed E-state index contributed by atoms with van der Waals surface area (Å²) in [6, 6.07) is 41.5. The highest BCUT2D eigenvalue weighted by atomic mass is 32.2. The van der Waals surface area contributed by atoms with Gasteiger partial charge in [0.25, 0.3) is 10.0 Å². The van der Waals surface area contributed by atoms with E-state index in [1.54, 1.807) is 54.7 Å². The highest BCUT2D eigenvalue weighted by Crippen LogP contribution is 2.38. The lowest BCUT2D eigenvalue weighted by atomic mass is 9.97. The molecule has 6 aromatic rings. The van der Waals surface area contributed by atoms with Gasteiger partial charge in [0, 0.05) is 17.1 Å². The van der Waals surface area contributed by atoms with Crippen molar-refractivity contribution in [3.05, 3.63) is 174 Å². The van der Waals surface area contributed by atoms with Crippen LogP contribution < -0.4 is 0 Å². The number of ether oxygens (including phenoxy) is 6. The molecule has 3 heterocycles. The Bertz CT molecular complexity index is 2240. The molecule has 2 saturated heterocycles. The molecule has 2 aliphatic heterocycles. The van der Waals surface area contributed by atoms with Crippen molar-refractivity contribution >= 4 is 20.9 Å². The Morgan fingerprint density at radius 1 is 0.685 bits per heavy atom. The van der Waals surface area contributed by atoms with Crippen LogP contribution in [0.15, 0.2) is 151 Å². The van der Waals surface area contributed by atoms with E-state index in [0.29, 0.717) is 11.9 Å². The number of nitrogens with zero attached hydrogens (tertiary/aromatic N) is 1. The SMILES string of the molecule is O=S(=O)(c1ccccc1)n1cc(CCO[C@@H]2O[C@@H]3CO[C@@H](c4ccccc4)O[C@H]3[C@H](OCc3ccccc3)[C@H]2OCc2ccc(F)cc2)c2ccccc21. The first-order valence-corrected chi connectivity index (χ1v) is 19.4. The van der Waals surface area contributed by atoms with Crippen molar-refractivity contribution < 1.29 is 41.2 Å². The predicted octanol–water partition coefficient (Wildman–Crippen LogP) is 7.59. The van der Waals surface area contributed by atoms with Crippen molar-refractivity contribution in [2.45, 2.75) is 61.5 Å². The van der Waals surface area contributed by atoms with Gasteiger partial charge in [-0.25, -0.2) is 16.8 Å². The van der Waals surface area contributed by atoms with Gasteiger partial charge in [-0.2, -0.15) is 0 Å². The Balaban J connectivity index is 1.07. The third-order valence-electron chi connectivity index (χ3n) is 9.71. The fourth-order valence-corrected chi connectivity index (χ4v) is 8.39. The van der Waals surface area contributed by atoms with Crippen molar-refractivity contribution in [2.24, 2.45) is 0 Å². The summed E-state index contributed by atoms with van der Waals surface area (Å²) < 4.78 is 81.7. The van der Waals surface area contributed by atoms with Gasteiger partial charge < -0.3 is 28.4 Å². The van der Waals surface area contributed by atoms with Gasteiger partial charge in [0.15, 0.2) is 12.6 Å². The second-order valence-electron chi connectivity index (χ2n) is 13.3. The van der Waals surface area contributed by atoms with Crippen LogP contribution in [0.1, 0.15) is 28.5 Å². The molecule has 0 amide bonds. The van der Waals surface area contributed by atoms with Crippen molar-refractivity contribution in [1.29, 1.82) is 0 Å². The maximum atomic E-state index is 13.8. The summed E-state index contributed by atoms with van der Waals surface area (Å²) in [5.74, 6) is -0.339. The number of aromatic nitrogens is 1. The molecule has 6 atom stereocenters. The maximum absolute atomic E-state index is 13.8. The quantitative estimate of drug-likeness (QED) is 0.119. The van der Waals surface area contributed by atoms with Crippen LogP contribution in [0, 0.1) is 5.82 Å². The van der Waals surface area contributed by atoms with Gasteiger partial charge in [-0.1, -0.05) is 109 Å². The summed E-state index contributed by atoms with van der Waals surface area (Å²) in [7, 11) is -3.85. The first kappa shape index (κ1) is 36.3. The molecule has 8 rings (SSSR count). The smallest absolute Gasteiger partial charge is 0.268 e. The van der Waals surface area contributed by atoms with Gasteiger partial charge in [0.05, 0.1) is 36.8 Å². The van der Waals surface area contributed by atoms with Crippen LogP contribution in [-0.2, 0) is 58.1 Å². The standard InChI is InChI=1S/C43H40FNO8S/c44-34-22-20-31(21-23-34)28-50-41-40(49-27-30-12-4-1-5-13-30)39-38(29-51-42(53-39)32-14-6-2-7-15-32)52-43(41)48-25-24-33-26-45(37-19-11-10-18-36(33)37)54(46,47)35-16-8-3-9-17-35/h1-23,26,38-43H,24-25,27-29H2/t38-,39-,40+,41-,42-,43-/m1/s1. The van der Waals surface area contributed by atoms with Crippen LogP contribution >= 0.6 is 0 Å². The van der Waals surface area contributed by atoms with Crippen LogP contribution in [0.3, 0.4) is 0 Å². The average Bonchev–Trinajstić information content (AvgIpc) is 3.60. The van der Waals surface area contributed by atoms with E-state index in [4.69, 9.17) is 28.4 Å². The van der Waals surface area contributed by atoms with Crippen LogP contribution in [0.25, 0.3) is 10.9 Å². The second-order valence-corrected chi connectivity index (χ2v) is 15.1. The Hall–Kier alpha value is -4.72. The molecular formula is C43H40FNO8S. The summed E-state index contributed by atoms with van der Waals surface area (Å²) >= 11 is 0. The molecule has 2 fully saturated rings. The summed E-state index contributed by atoms with van der Waals surface area (Å²) in [5, 5.41) is 0.805. The highest BCUT2D eigenvalue weighted by molar-refractivity contribution is 7.90. The van der Waals surface area contributed by atoms with Gasteiger partial charge in [-0.15, -0.1) is 0 Å². The third kappa shape index (κ3) is 7.89. The van der Waals surface area contributed by atoms with E-state index < -0.39 is 47.0 Å². The monoisotopic (exact) mass is 749 g/mol. The van der Waals surface area contributed by atoms with Crippen LogP contribution in [0.4, 0.5) is 4.39 Å². The van der Waals surface area contributed by atoms with Crippen LogP contribution in [-0.4, -0.2) is 56.3 Å². The molecule has 0 unspecified atom stereocenters. The molecular weight excluding hydrogens is 710 g/mol. The zero-order chi connectivity index (χ0) is 36.9. The number of halogens is 1. The predicted molar refractivity (Wildman–Crippen MR) is 199 cm³/mol. The molecule has 9 nitrogen and oxygen atoms in total. The zero-order valence-corrected chi connectivity index (χ0v) is 30.2. The van der Waals surface area contributed by atoms with E-state index in [-0.39, 0.29) is 37.1 Å². The Labute approximate surface area is 313 Å². The third-order valence-corrected chi connectivity index (χ3v) is 11.4. The van der Waals surface area contributed by atoms with Crippen LogP contribution in [0.5, 0.6) is 0 Å². The number of rotatable bonds is 13. The van der Waals surface area contributed by atoms with Crippen molar-refractivity contribution in [2.75, 3.05) is 13.2 Å². The minimum Gasteiger partial charge on any atom is -0.368 e. The van der Waals surface area contributed by atoms with E-state index in [1.807, 2.05) is 78.9 Å². The van der Waals surface area contributed by atoms with Crippen LogP contribution in [0.2, 0.25) is 0 Å². The lowest BCUT2D eigenvalue weighted by Crippen LogP contribution is -2.63. The molecule has 0 N–H and O–H groups in total. The largest absolute Gasteiger partial charge is 0.368 e. The lowest BCUT2D eigenvalue weighted by molar-refractivity contribution is -0.372. The minimum absolute atomic E-state index is 0.139. The number of para-hydroxylation sites is 1. The van der Waals surface area contributed by atoms with Gasteiger partial charge in [-0.05, 0) is 53.4 Å². The Morgan fingerprint density at radius 3 is 2.06 bits per heavy atom. The first-order valence-electron chi connectivity index (χ1n) is 17.9. The van der Waals surface area contributed by atoms with E-state index in [0.717, 1.165) is 27.6 Å². The highest BCUT2D eigenvalue weighted by Gasteiger charge is 2.52. The molecule has 0 spiro atoms. The summed E-state index contributed by atoms with van der Waals surface area (Å²) in [6.45, 7) is 0.829. The summed E-state index contributed by atoms with van der Waals surface area (Å²) in [6.07, 6.45) is -2.04. The normalized spacial score (nSPS) is 22.9.